The van der Waals surface area contributed by atoms with Crippen molar-refractivity contribution in [1.82, 2.24) is 23.7 Å². The number of likely N-dealkylation sites (N-methyl/N-ethyl adjacent to an activating group) is 1. The summed E-state index contributed by atoms with van der Waals surface area (Å²) in [5, 5.41) is 0. The molecule has 9 nitrogen and oxygen atoms in total. The number of benzene rings is 1. The largest absolute Gasteiger partial charge is 0.493 e. The van der Waals surface area contributed by atoms with E-state index in [1.54, 1.807) is 22.8 Å². The highest BCUT2D eigenvalue weighted by atomic mass is 32.2. The third-order valence-electron chi connectivity index (χ3n) is 6.19. The van der Waals surface area contributed by atoms with E-state index in [1.807, 2.05) is 27.2 Å². The van der Waals surface area contributed by atoms with E-state index in [4.69, 9.17) is 9.72 Å². The van der Waals surface area contributed by atoms with Gasteiger partial charge in [-0.15, -0.1) is 0 Å². The molecule has 1 fully saturated rings. The molecule has 1 aliphatic heterocycles. The van der Waals surface area contributed by atoms with Gasteiger partial charge < -0.3 is 19.2 Å². The number of aromatic nitrogens is 3. The summed E-state index contributed by atoms with van der Waals surface area (Å²) in [7, 11) is 0.122. The van der Waals surface area contributed by atoms with Gasteiger partial charge in [0.2, 0.25) is 10.0 Å². The minimum atomic E-state index is -3.69. The fraction of sp³-hybridized carbons (Fsp3) is 0.500. The average Bonchev–Trinajstić information content (AvgIpc) is 3.13. The van der Waals surface area contributed by atoms with Gasteiger partial charge in [-0.05, 0) is 43.7 Å². The lowest BCUT2D eigenvalue weighted by Gasteiger charge is -2.31. The quantitative estimate of drug-likeness (QED) is 0.524. The molecule has 1 aromatic carbocycles. The molecule has 0 spiro atoms. The number of aromatic amines is 1. The number of hydrogen-bond donors (Lipinski definition) is 1. The highest BCUT2D eigenvalue weighted by Gasteiger charge is 2.29. The van der Waals surface area contributed by atoms with Gasteiger partial charge in [0.25, 0.3) is 5.56 Å². The number of nitrogens with one attached hydrogen (secondary N) is 1. The van der Waals surface area contributed by atoms with Crippen LogP contribution in [-0.2, 0) is 23.5 Å². The Labute approximate surface area is 200 Å². The highest BCUT2D eigenvalue weighted by molar-refractivity contribution is 7.89. The standard InChI is InChI=1S/C24H33N5O4S/c1-5-7-17-16-28(4)22-21(17)25-23(26-24(22)30)19-15-18(8-9-20(19)33-14-6-2)34(31,32)29-12-10-27(3)11-13-29/h8-9,15-16H,5-7,10-14H2,1-4H3,(H,25,26,30). The first kappa shape index (κ1) is 24.4. The van der Waals surface area contributed by atoms with Crippen LogP contribution in [0.3, 0.4) is 0 Å². The zero-order valence-electron chi connectivity index (χ0n) is 20.3. The molecular weight excluding hydrogens is 454 g/mol. The van der Waals surface area contributed by atoms with Crippen molar-refractivity contribution in [3.8, 4) is 17.1 Å². The highest BCUT2D eigenvalue weighted by Crippen LogP contribution is 2.32. The Bertz CT molecular complexity index is 1340. The van der Waals surface area contributed by atoms with Gasteiger partial charge >= 0.3 is 0 Å². The van der Waals surface area contributed by atoms with Crippen molar-refractivity contribution < 1.29 is 13.2 Å². The molecule has 0 radical (unpaired) electrons. The van der Waals surface area contributed by atoms with E-state index in [1.165, 1.54) is 4.31 Å². The Balaban J connectivity index is 1.85. The molecule has 0 aliphatic carbocycles. The molecule has 1 N–H and O–H groups in total. The smallest absolute Gasteiger partial charge is 0.275 e. The molecule has 34 heavy (non-hydrogen) atoms. The van der Waals surface area contributed by atoms with E-state index in [-0.39, 0.29) is 10.5 Å². The summed E-state index contributed by atoms with van der Waals surface area (Å²) < 4.78 is 36.0. The van der Waals surface area contributed by atoms with Crippen molar-refractivity contribution in [2.75, 3.05) is 39.8 Å². The molecule has 2 aromatic heterocycles. The molecule has 1 saturated heterocycles. The van der Waals surface area contributed by atoms with E-state index in [2.05, 4.69) is 16.8 Å². The second kappa shape index (κ2) is 9.89. The maximum atomic E-state index is 13.4. The number of piperazine rings is 1. The molecule has 0 atom stereocenters. The number of H-pyrrole nitrogens is 1. The normalized spacial score (nSPS) is 15.8. The number of nitrogens with zero attached hydrogens (tertiary/aromatic N) is 4. The lowest BCUT2D eigenvalue weighted by atomic mass is 10.1. The Hall–Kier alpha value is -2.69. The van der Waals surface area contributed by atoms with Gasteiger partial charge in [0.15, 0.2) is 0 Å². The fourth-order valence-corrected chi connectivity index (χ4v) is 5.78. The minimum absolute atomic E-state index is 0.167. The number of fused-ring (bicyclic) bond motifs is 1. The Morgan fingerprint density at radius 1 is 1.09 bits per heavy atom. The van der Waals surface area contributed by atoms with Gasteiger partial charge in [0.05, 0.1) is 22.6 Å². The van der Waals surface area contributed by atoms with Crippen LogP contribution in [0.25, 0.3) is 22.4 Å². The molecule has 1 aliphatic rings. The topological polar surface area (TPSA) is 101 Å². The van der Waals surface area contributed by atoms with E-state index < -0.39 is 10.0 Å². The molecule has 0 amide bonds. The molecule has 0 bridgehead atoms. The van der Waals surface area contributed by atoms with Crippen molar-refractivity contribution in [2.24, 2.45) is 7.05 Å². The summed E-state index contributed by atoms with van der Waals surface area (Å²) in [6, 6.07) is 4.81. The van der Waals surface area contributed by atoms with Gasteiger partial charge in [0, 0.05) is 39.4 Å². The second-order valence-corrected chi connectivity index (χ2v) is 10.8. The van der Waals surface area contributed by atoms with Gasteiger partial charge in [-0.3, -0.25) is 4.79 Å². The Morgan fingerprint density at radius 3 is 2.50 bits per heavy atom. The van der Waals surface area contributed by atoms with Crippen molar-refractivity contribution in [3.63, 3.8) is 0 Å². The Kier molecular flexibility index (Phi) is 7.11. The van der Waals surface area contributed by atoms with Crippen LogP contribution >= 0.6 is 0 Å². The van der Waals surface area contributed by atoms with E-state index in [0.29, 0.717) is 61.0 Å². The predicted octanol–water partition coefficient (Wildman–Crippen LogP) is 2.61. The monoisotopic (exact) mass is 487 g/mol. The SMILES string of the molecule is CCCOc1ccc(S(=O)(=O)N2CCN(C)CC2)cc1-c1nc2c(CCC)cn(C)c2c(=O)[nH]1. The molecular formula is C24H33N5O4S. The van der Waals surface area contributed by atoms with Gasteiger partial charge in [-0.2, -0.15) is 4.31 Å². The molecule has 10 heteroatoms. The number of aryl methyl sites for hydroxylation is 2. The molecule has 3 aromatic rings. The average molecular weight is 488 g/mol. The number of rotatable bonds is 8. The van der Waals surface area contributed by atoms with Gasteiger partial charge in [-0.1, -0.05) is 20.3 Å². The first-order valence-electron chi connectivity index (χ1n) is 11.8. The van der Waals surface area contributed by atoms with Crippen LogP contribution in [0.5, 0.6) is 5.75 Å². The minimum Gasteiger partial charge on any atom is -0.493 e. The van der Waals surface area contributed by atoms with Crippen LogP contribution in [0.1, 0.15) is 32.3 Å². The summed E-state index contributed by atoms with van der Waals surface area (Å²) >= 11 is 0. The van der Waals surface area contributed by atoms with Crippen molar-refractivity contribution in [2.45, 2.75) is 38.0 Å². The summed E-state index contributed by atoms with van der Waals surface area (Å²) in [5.74, 6) is 0.803. The van der Waals surface area contributed by atoms with Crippen molar-refractivity contribution >= 4 is 21.1 Å². The lowest BCUT2D eigenvalue weighted by Crippen LogP contribution is -2.47. The number of sulfonamides is 1. The number of hydrogen-bond acceptors (Lipinski definition) is 6. The van der Waals surface area contributed by atoms with Crippen LogP contribution in [-0.4, -0.2) is 72.0 Å². The summed E-state index contributed by atoms with van der Waals surface area (Å²) in [6.07, 6.45) is 4.45. The number of ether oxygens (including phenoxy) is 1. The summed E-state index contributed by atoms with van der Waals surface area (Å²) in [6.45, 7) is 6.79. The second-order valence-electron chi connectivity index (χ2n) is 8.84. The zero-order chi connectivity index (χ0) is 24.5. The summed E-state index contributed by atoms with van der Waals surface area (Å²) in [5.41, 5.74) is 2.33. The third-order valence-corrected chi connectivity index (χ3v) is 8.08. The predicted molar refractivity (Wildman–Crippen MR) is 133 cm³/mol. The molecule has 184 valence electrons. The van der Waals surface area contributed by atoms with E-state index >= 15 is 0 Å². The van der Waals surface area contributed by atoms with Gasteiger partial charge in [0.1, 0.15) is 17.1 Å². The molecule has 0 saturated carbocycles. The van der Waals surface area contributed by atoms with Crippen LogP contribution < -0.4 is 10.3 Å². The van der Waals surface area contributed by atoms with E-state index in [9.17, 15) is 13.2 Å². The van der Waals surface area contributed by atoms with Gasteiger partial charge in [-0.25, -0.2) is 13.4 Å². The van der Waals surface area contributed by atoms with Crippen LogP contribution in [0.15, 0.2) is 34.1 Å². The fourth-order valence-electron chi connectivity index (χ4n) is 4.33. The third kappa shape index (κ3) is 4.62. The van der Waals surface area contributed by atoms with Crippen LogP contribution in [0, 0.1) is 0 Å². The van der Waals surface area contributed by atoms with Crippen molar-refractivity contribution in [1.29, 1.82) is 0 Å². The van der Waals surface area contributed by atoms with E-state index in [0.717, 1.165) is 24.8 Å². The molecule has 3 heterocycles. The van der Waals surface area contributed by atoms with Crippen molar-refractivity contribution in [3.05, 3.63) is 40.3 Å². The maximum absolute atomic E-state index is 13.4. The lowest BCUT2D eigenvalue weighted by molar-refractivity contribution is 0.222. The van der Waals surface area contributed by atoms with Crippen LogP contribution in [0.2, 0.25) is 0 Å². The zero-order valence-corrected chi connectivity index (χ0v) is 21.1. The van der Waals surface area contributed by atoms with Crippen LogP contribution in [0.4, 0.5) is 0 Å². The first-order chi connectivity index (χ1) is 16.3. The first-order valence-corrected chi connectivity index (χ1v) is 13.2. The summed E-state index contributed by atoms with van der Waals surface area (Å²) in [4.78, 5) is 22.9. The Morgan fingerprint density at radius 2 is 1.82 bits per heavy atom. The maximum Gasteiger partial charge on any atom is 0.275 e. The molecule has 0 unspecified atom stereocenters. The molecule has 4 rings (SSSR count).